The monoisotopic (exact) mass is 659 g/mol. The summed E-state index contributed by atoms with van der Waals surface area (Å²) in [6, 6.07) is 10.7. The second kappa shape index (κ2) is 14.0. The lowest BCUT2D eigenvalue weighted by Crippen LogP contribution is -2.46. The fourth-order valence-electron chi connectivity index (χ4n) is 7.08. The van der Waals surface area contributed by atoms with Gasteiger partial charge in [0.2, 0.25) is 11.9 Å². The molecule has 2 fully saturated rings. The highest BCUT2D eigenvalue weighted by Gasteiger charge is 2.29. The Balaban J connectivity index is 1.36. The second-order valence-electron chi connectivity index (χ2n) is 12.7. The number of halogens is 2. The molecule has 3 heterocycles. The van der Waals surface area contributed by atoms with Crippen LogP contribution in [0.15, 0.2) is 47.4 Å². The Morgan fingerprint density at radius 1 is 1.04 bits per heavy atom. The van der Waals surface area contributed by atoms with Crippen LogP contribution in [0.25, 0.3) is 22.2 Å². The lowest BCUT2D eigenvalue weighted by atomic mass is 9.90. The van der Waals surface area contributed by atoms with Crippen molar-refractivity contribution in [3.63, 3.8) is 0 Å². The molecule has 0 bridgehead atoms. The third kappa shape index (κ3) is 6.71. The number of aromatic nitrogens is 3. The number of hydrogen-bond acceptors (Lipinski definition) is 7. The molecule has 2 N–H and O–H groups in total. The molecule has 2 aromatic heterocycles. The number of rotatable bonds is 8. The lowest BCUT2D eigenvalue weighted by Gasteiger charge is -2.36. The van der Waals surface area contributed by atoms with Crippen LogP contribution >= 0.6 is 11.6 Å². The molecule has 6 rings (SSSR count). The zero-order valence-electron chi connectivity index (χ0n) is 27.6. The summed E-state index contributed by atoms with van der Waals surface area (Å²) in [6.45, 7) is 13.2. The normalized spacial score (nSPS) is 18.8. The molecule has 2 aliphatic rings. The number of fused-ring (bicyclic) bond motifs is 1. The number of carbonyl (C=O) groups excluding carboxylic acids is 1. The molecule has 1 saturated carbocycles. The number of amides is 1. The van der Waals surface area contributed by atoms with E-state index in [0.717, 1.165) is 56.8 Å². The minimum absolute atomic E-state index is 0.0280. The van der Waals surface area contributed by atoms with Gasteiger partial charge in [-0.25, -0.2) is 9.37 Å². The fraction of sp³-hybridized carbons (Fsp3) is 0.444. The average Bonchev–Trinajstić information content (AvgIpc) is 3.07. The molecule has 11 heteroatoms. The van der Waals surface area contributed by atoms with Gasteiger partial charge in [0, 0.05) is 73.2 Å². The number of aryl methyl sites for hydroxylation is 2. The van der Waals surface area contributed by atoms with E-state index in [1.807, 2.05) is 19.9 Å². The Bertz CT molecular complexity index is 1850. The Morgan fingerprint density at radius 2 is 1.79 bits per heavy atom. The van der Waals surface area contributed by atoms with E-state index >= 15 is 0 Å². The number of likely N-dealkylation sites (N-methyl/N-ethyl adjacent to an activating group) is 1. The fourth-order valence-corrected chi connectivity index (χ4v) is 7.30. The first-order valence-electron chi connectivity index (χ1n) is 16.7. The average molecular weight is 660 g/mol. The number of piperazine rings is 1. The predicted molar refractivity (Wildman–Crippen MR) is 187 cm³/mol. The van der Waals surface area contributed by atoms with Gasteiger partial charge in [-0.3, -0.25) is 14.2 Å². The third-order valence-corrected chi connectivity index (χ3v) is 10.2. The van der Waals surface area contributed by atoms with Gasteiger partial charge in [-0.15, -0.1) is 0 Å². The second-order valence-corrected chi connectivity index (χ2v) is 13.1. The number of pyridine rings is 1. The molecule has 1 aliphatic carbocycles. The molecule has 0 spiro atoms. The van der Waals surface area contributed by atoms with E-state index in [0.29, 0.717) is 52.9 Å². The van der Waals surface area contributed by atoms with Crippen LogP contribution in [0, 0.1) is 19.7 Å². The quantitative estimate of drug-likeness (QED) is 0.216. The van der Waals surface area contributed by atoms with Gasteiger partial charge in [0.15, 0.2) is 0 Å². The summed E-state index contributed by atoms with van der Waals surface area (Å²) in [6.07, 6.45) is 5.01. The molecule has 1 aliphatic heterocycles. The van der Waals surface area contributed by atoms with Crippen LogP contribution in [0.4, 0.5) is 21.7 Å². The maximum Gasteiger partial charge on any atom is 0.260 e. The minimum Gasteiger partial charge on any atom is -0.369 e. The van der Waals surface area contributed by atoms with Gasteiger partial charge in [-0.2, -0.15) is 4.98 Å². The number of benzene rings is 2. The van der Waals surface area contributed by atoms with Crippen LogP contribution in [-0.2, 0) is 4.79 Å². The van der Waals surface area contributed by atoms with Crippen molar-refractivity contribution in [2.45, 2.75) is 71.9 Å². The Kier molecular flexibility index (Phi) is 9.80. The molecule has 0 radical (unpaired) electrons. The molecule has 1 amide bonds. The zero-order valence-corrected chi connectivity index (χ0v) is 28.3. The minimum atomic E-state index is -0.581. The van der Waals surface area contributed by atoms with E-state index in [-0.39, 0.29) is 28.6 Å². The van der Waals surface area contributed by atoms with Crippen LogP contribution in [0.2, 0.25) is 5.02 Å². The first-order chi connectivity index (χ1) is 22.7. The lowest BCUT2D eigenvalue weighted by molar-refractivity contribution is -0.121. The highest BCUT2D eigenvalue weighted by molar-refractivity contribution is 6.33. The van der Waals surface area contributed by atoms with E-state index in [1.165, 1.54) is 11.8 Å². The van der Waals surface area contributed by atoms with Gasteiger partial charge in [-0.05, 0) is 81.5 Å². The number of carbonyl (C=O) groups is 1. The summed E-state index contributed by atoms with van der Waals surface area (Å²) >= 11 is 6.43. The molecule has 0 unspecified atom stereocenters. The van der Waals surface area contributed by atoms with Gasteiger partial charge >= 0.3 is 0 Å². The third-order valence-electron chi connectivity index (χ3n) is 9.79. The zero-order chi connectivity index (χ0) is 33.2. The molecule has 0 atom stereocenters. The number of hydrogen-bond donors (Lipinski definition) is 2. The summed E-state index contributed by atoms with van der Waals surface area (Å²) in [5, 5.41) is 7.07. The van der Waals surface area contributed by atoms with Crippen LogP contribution in [-0.4, -0.2) is 64.1 Å². The first-order valence-corrected chi connectivity index (χ1v) is 17.1. The summed E-state index contributed by atoms with van der Waals surface area (Å²) in [4.78, 5) is 41.0. The van der Waals surface area contributed by atoms with Crippen molar-refractivity contribution in [3.8, 4) is 11.1 Å². The van der Waals surface area contributed by atoms with Gasteiger partial charge in [0.1, 0.15) is 11.5 Å². The SMILES string of the molecule is CCC(=O)NC1CCC(n2c(=O)c(-c3cccc(F)c3Cl)c(C)c3cnc(Nc4ccc(N5CCN(CC)CC5)c(C)c4)nc32)CC1. The summed E-state index contributed by atoms with van der Waals surface area (Å²) in [5.74, 6) is -0.170. The molecular weight excluding hydrogens is 617 g/mol. The molecule has 248 valence electrons. The summed E-state index contributed by atoms with van der Waals surface area (Å²) in [5.41, 5.74) is 4.84. The number of nitrogens with one attached hydrogen (secondary N) is 2. The highest BCUT2D eigenvalue weighted by Crippen LogP contribution is 2.36. The number of nitrogens with zero attached hydrogens (tertiary/aromatic N) is 5. The van der Waals surface area contributed by atoms with Gasteiger partial charge in [0.25, 0.3) is 5.56 Å². The number of anilines is 3. The van der Waals surface area contributed by atoms with Crippen molar-refractivity contribution < 1.29 is 9.18 Å². The van der Waals surface area contributed by atoms with Crippen LogP contribution in [0.3, 0.4) is 0 Å². The topological polar surface area (TPSA) is 95.4 Å². The van der Waals surface area contributed by atoms with Crippen molar-refractivity contribution in [2.24, 2.45) is 0 Å². The van der Waals surface area contributed by atoms with Crippen LogP contribution in [0.1, 0.15) is 63.1 Å². The Morgan fingerprint density at radius 3 is 2.47 bits per heavy atom. The molecule has 2 aromatic carbocycles. The Hall–Kier alpha value is -4.02. The summed E-state index contributed by atoms with van der Waals surface area (Å²) in [7, 11) is 0. The largest absolute Gasteiger partial charge is 0.369 e. The smallest absolute Gasteiger partial charge is 0.260 e. The van der Waals surface area contributed by atoms with Gasteiger partial charge < -0.3 is 20.4 Å². The van der Waals surface area contributed by atoms with Crippen molar-refractivity contribution in [1.82, 2.24) is 24.8 Å². The van der Waals surface area contributed by atoms with E-state index in [4.69, 9.17) is 16.6 Å². The van der Waals surface area contributed by atoms with Gasteiger partial charge in [0.05, 0.1) is 10.6 Å². The Labute approximate surface area is 280 Å². The molecular formula is C36H43ClFN7O2. The first kappa shape index (κ1) is 32.9. The predicted octanol–water partition coefficient (Wildman–Crippen LogP) is 6.76. The highest BCUT2D eigenvalue weighted by atomic mass is 35.5. The van der Waals surface area contributed by atoms with E-state index in [2.05, 4.69) is 51.4 Å². The molecule has 9 nitrogen and oxygen atoms in total. The van der Waals surface area contributed by atoms with Crippen LogP contribution in [0.5, 0.6) is 0 Å². The molecule has 4 aromatic rings. The standard InChI is InChI=1S/C36H43ClFN7O2/c1-5-31(46)40-24-10-13-26(14-11-24)45-34-28(23(4)32(35(45)47)27-8-7-9-29(38)33(27)37)21-39-36(42-34)41-25-12-15-30(22(3)20-25)44-18-16-43(6-2)17-19-44/h7-9,12,15,20-21,24,26H,5-6,10-11,13-14,16-19H2,1-4H3,(H,40,46)(H,39,41,42). The van der Waals surface area contributed by atoms with Crippen LogP contribution < -0.4 is 21.1 Å². The van der Waals surface area contributed by atoms with Crippen molar-refractivity contribution in [2.75, 3.05) is 42.9 Å². The van der Waals surface area contributed by atoms with Crippen molar-refractivity contribution >= 4 is 45.9 Å². The summed E-state index contributed by atoms with van der Waals surface area (Å²) < 4.78 is 16.4. The maximum absolute atomic E-state index is 14.6. The van der Waals surface area contributed by atoms with Gasteiger partial charge in [-0.1, -0.05) is 37.6 Å². The molecule has 47 heavy (non-hydrogen) atoms. The van der Waals surface area contributed by atoms with Crippen molar-refractivity contribution in [3.05, 3.63) is 74.9 Å². The molecule has 1 saturated heterocycles. The van der Waals surface area contributed by atoms with Crippen molar-refractivity contribution in [1.29, 1.82) is 0 Å². The maximum atomic E-state index is 14.6. The van der Waals surface area contributed by atoms with E-state index in [1.54, 1.807) is 22.9 Å². The van der Waals surface area contributed by atoms with E-state index in [9.17, 15) is 14.0 Å². The van der Waals surface area contributed by atoms with E-state index < -0.39 is 5.82 Å².